The standard InChI is InChI=1S/C22H18N2O3/c1-15-7-10-18(11-8-15)23-21(25)17-9-12-20-19(13-17)24(22(26)27-20)14-16-5-3-2-4-6-16/h2-13H,14H2,1H3,(H,23,25). The summed E-state index contributed by atoms with van der Waals surface area (Å²) < 4.78 is 6.85. The predicted octanol–water partition coefficient (Wildman–Crippen LogP) is 4.20. The summed E-state index contributed by atoms with van der Waals surface area (Å²) in [6.45, 7) is 2.38. The van der Waals surface area contributed by atoms with Crippen LogP contribution in [0.5, 0.6) is 0 Å². The van der Waals surface area contributed by atoms with E-state index in [0.29, 0.717) is 23.2 Å². The van der Waals surface area contributed by atoms with Crippen molar-refractivity contribution in [1.29, 1.82) is 0 Å². The van der Waals surface area contributed by atoms with E-state index in [1.807, 2.05) is 61.5 Å². The van der Waals surface area contributed by atoms with Gasteiger partial charge in [0.15, 0.2) is 5.58 Å². The van der Waals surface area contributed by atoms with Gasteiger partial charge in [-0.3, -0.25) is 9.36 Å². The molecule has 0 radical (unpaired) electrons. The smallest absolute Gasteiger partial charge is 0.408 e. The van der Waals surface area contributed by atoms with E-state index in [1.54, 1.807) is 18.2 Å². The lowest BCUT2D eigenvalue weighted by atomic mass is 10.1. The quantitative estimate of drug-likeness (QED) is 0.594. The van der Waals surface area contributed by atoms with E-state index in [1.165, 1.54) is 4.57 Å². The highest BCUT2D eigenvalue weighted by Gasteiger charge is 2.13. The van der Waals surface area contributed by atoms with Crippen molar-refractivity contribution in [1.82, 2.24) is 4.57 Å². The van der Waals surface area contributed by atoms with Crippen LogP contribution in [0.25, 0.3) is 11.1 Å². The Morgan fingerprint density at radius 1 is 1.00 bits per heavy atom. The molecule has 0 spiro atoms. The minimum Gasteiger partial charge on any atom is -0.408 e. The van der Waals surface area contributed by atoms with Gasteiger partial charge in [-0.2, -0.15) is 0 Å². The highest BCUT2D eigenvalue weighted by Crippen LogP contribution is 2.18. The largest absolute Gasteiger partial charge is 0.420 e. The van der Waals surface area contributed by atoms with Crippen LogP contribution in [-0.4, -0.2) is 10.5 Å². The minimum atomic E-state index is -0.440. The molecule has 134 valence electrons. The highest BCUT2D eigenvalue weighted by molar-refractivity contribution is 6.05. The average Bonchev–Trinajstić information content (AvgIpc) is 2.99. The molecular weight excluding hydrogens is 340 g/mol. The summed E-state index contributed by atoms with van der Waals surface area (Å²) in [5, 5.41) is 2.87. The van der Waals surface area contributed by atoms with Crippen LogP contribution in [-0.2, 0) is 6.54 Å². The predicted molar refractivity (Wildman–Crippen MR) is 105 cm³/mol. The third-order valence-electron chi connectivity index (χ3n) is 4.42. The molecule has 1 heterocycles. The number of rotatable bonds is 4. The Morgan fingerprint density at radius 2 is 1.74 bits per heavy atom. The monoisotopic (exact) mass is 358 g/mol. The molecule has 0 atom stereocenters. The number of nitrogens with zero attached hydrogens (tertiary/aromatic N) is 1. The van der Waals surface area contributed by atoms with Gasteiger partial charge in [-0.1, -0.05) is 48.0 Å². The van der Waals surface area contributed by atoms with Gasteiger partial charge < -0.3 is 9.73 Å². The van der Waals surface area contributed by atoms with E-state index < -0.39 is 5.76 Å². The number of nitrogens with one attached hydrogen (secondary N) is 1. The van der Waals surface area contributed by atoms with Gasteiger partial charge in [0.25, 0.3) is 5.91 Å². The number of anilines is 1. The molecule has 1 amide bonds. The van der Waals surface area contributed by atoms with E-state index in [9.17, 15) is 9.59 Å². The molecule has 4 aromatic rings. The van der Waals surface area contributed by atoms with Crippen LogP contribution >= 0.6 is 0 Å². The van der Waals surface area contributed by atoms with Crippen molar-refractivity contribution in [2.75, 3.05) is 5.32 Å². The Bertz CT molecular complexity index is 1160. The Hall–Kier alpha value is -3.60. The van der Waals surface area contributed by atoms with Crippen molar-refractivity contribution >= 4 is 22.7 Å². The lowest BCUT2D eigenvalue weighted by Gasteiger charge is -2.07. The summed E-state index contributed by atoms with van der Waals surface area (Å²) in [6, 6.07) is 22.2. The molecule has 0 saturated carbocycles. The van der Waals surface area contributed by atoms with Gasteiger partial charge in [0, 0.05) is 11.3 Å². The Balaban J connectivity index is 1.66. The fourth-order valence-corrected chi connectivity index (χ4v) is 2.96. The first-order valence-corrected chi connectivity index (χ1v) is 8.65. The van der Waals surface area contributed by atoms with E-state index in [4.69, 9.17) is 4.42 Å². The van der Waals surface area contributed by atoms with Crippen molar-refractivity contribution in [3.8, 4) is 0 Å². The topological polar surface area (TPSA) is 64.2 Å². The maximum Gasteiger partial charge on any atom is 0.420 e. The van der Waals surface area contributed by atoms with Crippen molar-refractivity contribution in [2.24, 2.45) is 0 Å². The first-order chi connectivity index (χ1) is 13.1. The van der Waals surface area contributed by atoms with Crippen LogP contribution < -0.4 is 11.1 Å². The molecule has 1 N–H and O–H groups in total. The second-order valence-corrected chi connectivity index (χ2v) is 6.44. The SMILES string of the molecule is Cc1ccc(NC(=O)c2ccc3oc(=O)n(Cc4ccccc4)c3c2)cc1. The molecule has 4 rings (SSSR count). The second-order valence-electron chi connectivity index (χ2n) is 6.44. The zero-order chi connectivity index (χ0) is 18.8. The summed E-state index contributed by atoms with van der Waals surface area (Å²) in [5.41, 5.74) is 4.35. The van der Waals surface area contributed by atoms with Gasteiger partial charge in [-0.05, 0) is 42.8 Å². The molecule has 27 heavy (non-hydrogen) atoms. The summed E-state index contributed by atoms with van der Waals surface area (Å²) in [6.07, 6.45) is 0. The molecule has 0 fully saturated rings. The summed E-state index contributed by atoms with van der Waals surface area (Å²) in [4.78, 5) is 24.8. The number of carbonyl (C=O) groups is 1. The zero-order valence-corrected chi connectivity index (χ0v) is 14.8. The first kappa shape index (κ1) is 16.8. The maximum absolute atomic E-state index is 12.6. The van der Waals surface area contributed by atoms with Crippen LogP contribution in [0.3, 0.4) is 0 Å². The number of amides is 1. The number of benzene rings is 3. The average molecular weight is 358 g/mol. The van der Waals surface area contributed by atoms with Crippen LogP contribution in [0.15, 0.2) is 82.0 Å². The number of aryl methyl sites for hydroxylation is 1. The number of fused-ring (bicyclic) bond motifs is 1. The summed E-state index contributed by atoms with van der Waals surface area (Å²) >= 11 is 0. The van der Waals surface area contributed by atoms with Crippen molar-refractivity contribution in [3.63, 3.8) is 0 Å². The number of carbonyl (C=O) groups excluding carboxylic acids is 1. The van der Waals surface area contributed by atoms with Gasteiger partial charge in [-0.25, -0.2) is 4.79 Å². The maximum atomic E-state index is 12.6. The molecule has 0 bridgehead atoms. The molecule has 3 aromatic carbocycles. The van der Waals surface area contributed by atoms with Gasteiger partial charge in [0.1, 0.15) is 0 Å². The normalized spacial score (nSPS) is 10.9. The highest BCUT2D eigenvalue weighted by atomic mass is 16.4. The second kappa shape index (κ2) is 6.96. The fraction of sp³-hybridized carbons (Fsp3) is 0.0909. The van der Waals surface area contributed by atoms with E-state index >= 15 is 0 Å². The van der Waals surface area contributed by atoms with Gasteiger partial charge in [0.05, 0.1) is 12.1 Å². The molecular formula is C22H18N2O3. The molecule has 1 aromatic heterocycles. The van der Waals surface area contributed by atoms with E-state index in [0.717, 1.165) is 16.8 Å². The molecule has 0 aliphatic rings. The van der Waals surface area contributed by atoms with Crippen LogP contribution in [0, 0.1) is 6.92 Å². The molecule has 0 aliphatic carbocycles. The minimum absolute atomic E-state index is 0.235. The Kier molecular flexibility index (Phi) is 4.34. The molecule has 5 nitrogen and oxygen atoms in total. The molecule has 5 heteroatoms. The summed E-state index contributed by atoms with van der Waals surface area (Å²) in [7, 11) is 0. The number of oxazole rings is 1. The third kappa shape index (κ3) is 3.53. The van der Waals surface area contributed by atoms with E-state index in [-0.39, 0.29) is 5.91 Å². The van der Waals surface area contributed by atoms with Gasteiger partial charge in [0.2, 0.25) is 0 Å². The Labute approximate surface area is 155 Å². The van der Waals surface area contributed by atoms with Crippen LogP contribution in [0.2, 0.25) is 0 Å². The lowest BCUT2D eigenvalue weighted by molar-refractivity contribution is 0.102. The third-order valence-corrected chi connectivity index (χ3v) is 4.42. The van der Waals surface area contributed by atoms with Crippen LogP contribution in [0.4, 0.5) is 5.69 Å². The van der Waals surface area contributed by atoms with Gasteiger partial charge >= 0.3 is 5.76 Å². The van der Waals surface area contributed by atoms with E-state index in [2.05, 4.69) is 5.32 Å². The van der Waals surface area contributed by atoms with Crippen LogP contribution in [0.1, 0.15) is 21.5 Å². The van der Waals surface area contributed by atoms with Gasteiger partial charge in [-0.15, -0.1) is 0 Å². The van der Waals surface area contributed by atoms with Crippen molar-refractivity contribution < 1.29 is 9.21 Å². The van der Waals surface area contributed by atoms with Crippen molar-refractivity contribution in [3.05, 3.63) is 100 Å². The number of hydrogen-bond donors (Lipinski definition) is 1. The number of hydrogen-bond acceptors (Lipinski definition) is 3. The number of aromatic nitrogens is 1. The molecule has 0 aliphatic heterocycles. The molecule has 0 saturated heterocycles. The Morgan fingerprint density at radius 3 is 2.48 bits per heavy atom. The fourth-order valence-electron chi connectivity index (χ4n) is 2.96. The lowest BCUT2D eigenvalue weighted by Crippen LogP contribution is -2.15. The summed E-state index contributed by atoms with van der Waals surface area (Å²) in [5.74, 6) is -0.675. The first-order valence-electron chi connectivity index (χ1n) is 8.65. The zero-order valence-electron chi connectivity index (χ0n) is 14.8. The molecule has 0 unspecified atom stereocenters. The van der Waals surface area contributed by atoms with Crippen molar-refractivity contribution in [2.45, 2.75) is 13.5 Å².